The van der Waals surface area contributed by atoms with E-state index in [1.165, 1.54) is 0 Å². The molecule has 0 amide bonds. The zero-order chi connectivity index (χ0) is 16.7. The third kappa shape index (κ3) is 6.36. The van der Waals surface area contributed by atoms with Crippen LogP contribution in [0.3, 0.4) is 0 Å². The first-order valence-corrected chi connectivity index (χ1v) is 5.80. The van der Waals surface area contributed by atoms with Gasteiger partial charge in [0, 0.05) is 42.3 Å². The fraction of sp³-hybridized carbons (Fsp3) is 0.545. The molecule has 10 heteroatoms. The lowest BCUT2D eigenvalue weighted by Gasteiger charge is -2.18. The van der Waals surface area contributed by atoms with Crippen molar-refractivity contribution in [2.45, 2.75) is 0 Å². The van der Waals surface area contributed by atoms with Crippen LogP contribution in [0.5, 0.6) is 0 Å². The standard InChI is InChI=1S/C9H18N6.C2H2O4/c1-13(2)7-10-8(14(3)4)12-9(11-7)15(5)6;3-1(4)2(5)6/h1-6H3;(H,3,4)(H,5,6). The van der Waals surface area contributed by atoms with Crippen LogP contribution in [0.4, 0.5) is 17.8 Å². The molecule has 1 aromatic heterocycles. The molecular weight excluding hydrogens is 280 g/mol. The summed E-state index contributed by atoms with van der Waals surface area (Å²) in [6.07, 6.45) is 0. The van der Waals surface area contributed by atoms with Gasteiger partial charge in [-0.05, 0) is 0 Å². The number of hydrogen-bond donors (Lipinski definition) is 2. The maximum absolute atomic E-state index is 9.10. The first kappa shape index (κ1) is 18.4. The summed E-state index contributed by atoms with van der Waals surface area (Å²) in [5.41, 5.74) is 0. The molecule has 0 spiro atoms. The van der Waals surface area contributed by atoms with Gasteiger partial charge in [-0.1, -0.05) is 0 Å². The Morgan fingerprint density at radius 1 is 0.667 bits per heavy atom. The smallest absolute Gasteiger partial charge is 0.414 e. The van der Waals surface area contributed by atoms with Crippen molar-refractivity contribution in [1.29, 1.82) is 0 Å². The van der Waals surface area contributed by atoms with Crippen molar-refractivity contribution in [2.24, 2.45) is 0 Å². The first-order chi connectivity index (χ1) is 9.56. The predicted molar refractivity (Wildman–Crippen MR) is 78.1 cm³/mol. The van der Waals surface area contributed by atoms with Crippen molar-refractivity contribution < 1.29 is 19.8 Å². The van der Waals surface area contributed by atoms with Crippen molar-refractivity contribution in [1.82, 2.24) is 15.0 Å². The highest BCUT2D eigenvalue weighted by atomic mass is 16.4. The molecule has 0 atom stereocenters. The summed E-state index contributed by atoms with van der Waals surface area (Å²) in [6, 6.07) is 0. The molecule has 2 N–H and O–H groups in total. The molecule has 0 saturated heterocycles. The summed E-state index contributed by atoms with van der Waals surface area (Å²) in [5.74, 6) is -1.66. The highest BCUT2D eigenvalue weighted by Crippen LogP contribution is 2.14. The van der Waals surface area contributed by atoms with Crippen molar-refractivity contribution in [3.63, 3.8) is 0 Å². The monoisotopic (exact) mass is 300 g/mol. The number of aromatic nitrogens is 3. The lowest BCUT2D eigenvalue weighted by atomic mass is 10.7. The van der Waals surface area contributed by atoms with Gasteiger partial charge in [0.2, 0.25) is 17.8 Å². The lowest BCUT2D eigenvalue weighted by Crippen LogP contribution is -2.22. The van der Waals surface area contributed by atoms with Crippen molar-refractivity contribution in [2.75, 3.05) is 57.0 Å². The van der Waals surface area contributed by atoms with E-state index in [4.69, 9.17) is 19.8 Å². The minimum atomic E-state index is -1.82. The molecule has 1 aromatic rings. The Morgan fingerprint density at radius 2 is 0.857 bits per heavy atom. The highest BCUT2D eigenvalue weighted by Gasteiger charge is 2.10. The van der Waals surface area contributed by atoms with Crippen LogP contribution < -0.4 is 14.7 Å². The average molecular weight is 300 g/mol. The second kappa shape index (κ2) is 7.82. The van der Waals surface area contributed by atoms with E-state index in [0.29, 0.717) is 17.8 Å². The summed E-state index contributed by atoms with van der Waals surface area (Å²) in [4.78, 5) is 36.7. The molecule has 0 aliphatic rings. The summed E-state index contributed by atoms with van der Waals surface area (Å²) < 4.78 is 0. The van der Waals surface area contributed by atoms with Crippen LogP contribution >= 0.6 is 0 Å². The molecule has 1 heterocycles. The molecular formula is C11H20N6O4. The molecule has 0 aliphatic carbocycles. The van der Waals surface area contributed by atoms with E-state index in [9.17, 15) is 0 Å². The maximum atomic E-state index is 9.10. The summed E-state index contributed by atoms with van der Waals surface area (Å²) in [5, 5.41) is 14.8. The number of nitrogens with zero attached hydrogens (tertiary/aromatic N) is 6. The molecule has 0 aliphatic heterocycles. The van der Waals surface area contributed by atoms with E-state index in [1.54, 1.807) is 0 Å². The third-order valence-corrected chi connectivity index (χ3v) is 1.98. The average Bonchev–Trinajstić information content (AvgIpc) is 2.38. The number of rotatable bonds is 3. The Balaban J connectivity index is 0.000000567. The molecule has 0 saturated carbocycles. The van der Waals surface area contributed by atoms with Crippen LogP contribution in [0.1, 0.15) is 0 Å². The molecule has 0 bridgehead atoms. The van der Waals surface area contributed by atoms with Crippen LogP contribution in [0.25, 0.3) is 0 Å². The highest BCUT2D eigenvalue weighted by molar-refractivity contribution is 6.27. The number of hydrogen-bond acceptors (Lipinski definition) is 8. The third-order valence-electron chi connectivity index (χ3n) is 1.98. The fourth-order valence-corrected chi connectivity index (χ4v) is 0.943. The van der Waals surface area contributed by atoms with Gasteiger partial charge in [0.05, 0.1) is 0 Å². The molecule has 21 heavy (non-hydrogen) atoms. The Bertz CT molecular complexity index is 427. The van der Waals surface area contributed by atoms with E-state index in [-0.39, 0.29) is 0 Å². The Kier molecular flexibility index (Phi) is 6.84. The number of carboxylic acid groups (broad SMARTS) is 2. The zero-order valence-corrected chi connectivity index (χ0v) is 12.9. The fourth-order valence-electron chi connectivity index (χ4n) is 0.943. The lowest BCUT2D eigenvalue weighted by molar-refractivity contribution is -0.159. The van der Waals surface area contributed by atoms with Gasteiger partial charge in [0.1, 0.15) is 0 Å². The van der Waals surface area contributed by atoms with Crippen LogP contribution in [0.2, 0.25) is 0 Å². The Morgan fingerprint density at radius 3 is 0.952 bits per heavy atom. The number of aliphatic carboxylic acids is 2. The SMILES string of the molecule is CN(C)c1nc(N(C)C)nc(N(C)C)n1.O=C(O)C(=O)O. The first-order valence-electron chi connectivity index (χ1n) is 5.80. The van der Waals surface area contributed by atoms with E-state index in [2.05, 4.69) is 15.0 Å². The van der Waals surface area contributed by atoms with Crippen LogP contribution in [-0.4, -0.2) is 79.4 Å². The summed E-state index contributed by atoms with van der Waals surface area (Å²) in [7, 11) is 11.5. The number of anilines is 3. The van der Waals surface area contributed by atoms with E-state index < -0.39 is 11.9 Å². The minimum Gasteiger partial charge on any atom is -0.473 e. The van der Waals surface area contributed by atoms with Gasteiger partial charge in [-0.2, -0.15) is 15.0 Å². The molecule has 0 unspecified atom stereocenters. The minimum absolute atomic E-state index is 0.664. The largest absolute Gasteiger partial charge is 0.473 e. The van der Waals surface area contributed by atoms with Gasteiger partial charge in [-0.25, -0.2) is 9.59 Å². The second-order valence-electron chi connectivity index (χ2n) is 4.53. The van der Waals surface area contributed by atoms with Gasteiger partial charge >= 0.3 is 11.9 Å². The molecule has 10 nitrogen and oxygen atoms in total. The van der Waals surface area contributed by atoms with Crippen molar-refractivity contribution in [3.05, 3.63) is 0 Å². The molecule has 0 aromatic carbocycles. The van der Waals surface area contributed by atoms with Gasteiger partial charge in [0.15, 0.2) is 0 Å². The Hall–Kier alpha value is -2.65. The second-order valence-corrected chi connectivity index (χ2v) is 4.53. The van der Waals surface area contributed by atoms with Gasteiger partial charge in [0.25, 0.3) is 0 Å². The van der Waals surface area contributed by atoms with Crippen molar-refractivity contribution in [3.8, 4) is 0 Å². The predicted octanol–water partition coefficient (Wildman–Crippen LogP) is -0.775. The summed E-state index contributed by atoms with van der Waals surface area (Å²) in [6.45, 7) is 0. The van der Waals surface area contributed by atoms with E-state index in [1.807, 2.05) is 57.0 Å². The van der Waals surface area contributed by atoms with Crippen molar-refractivity contribution >= 4 is 29.8 Å². The molecule has 118 valence electrons. The van der Waals surface area contributed by atoms with Gasteiger partial charge < -0.3 is 24.9 Å². The van der Waals surface area contributed by atoms with E-state index in [0.717, 1.165) is 0 Å². The van der Waals surface area contributed by atoms with Crippen LogP contribution in [-0.2, 0) is 9.59 Å². The summed E-state index contributed by atoms with van der Waals surface area (Å²) >= 11 is 0. The zero-order valence-electron chi connectivity index (χ0n) is 12.9. The molecule has 0 fully saturated rings. The molecule has 0 radical (unpaired) electrons. The topological polar surface area (TPSA) is 123 Å². The quantitative estimate of drug-likeness (QED) is 0.687. The number of carboxylic acids is 2. The van der Waals surface area contributed by atoms with Crippen LogP contribution in [0.15, 0.2) is 0 Å². The van der Waals surface area contributed by atoms with Crippen LogP contribution in [0, 0.1) is 0 Å². The Labute approximate surface area is 122 Å². The molecule has 1 rings (SSSR count). The van der Waals surface area contributed by atoms with Gasteiger partial charge in [-0.15, -0.1) is 0 Å². The maximum Gasteiger partial charge on any atom is 0.414 e. The normalized spacial score (nSPS) is 9.24. The van der Waals surface area contributed by atoms with Gasteiger partial charge in [-0.3, -0.25) is 0 Å². The van der Waals surface area contributed by atoms with E-state index >= 15 is 0 Å². The number of carbonyl (C=O) groups is 2.